The van der Waals surface area contributed by atoms with Crippen molar-refractivity contribution in [2.24, 2.45) is 0 Å². The average molecular weight is 226 g/mol. The standard InChI is InChI=1S/C9H19NO3.ClH/c1-6(13-9(2,3)4)7(10-5)8(11)12;/h6-7,10H,1-5H3,(H,11,12);1H. The summed E-state index contributed by atoms with van der Waals surface area (Å²) < 4.78 is 5.51. The molecule has 2 unspecified atom stereocenters. The van der Waals surface area contributed by atoms with Gasteiger partial charge in [-0.2, -0.15) is 0 Å². The first-order valence-electron chi connectivity index (χ1n) is 4.36. The molecular formula is C9H20ClNO3. The average Bonchev–Trinajstić information content (AvgIpc) is 1.82. The van der Waals surface area contributed by atoms with Gasteiger partial charge in [0.05, 0.1) is 11.7 Å². The maximum atomic E-state index is 10.7. The van der Waals surface area contributed by atoms with Gasteiger partial charge in [-0.1, -0.05) is 0 Å². The van der Waals surface area contributed by atoms with Crippen molar-refractivity contribution >= 4 is 18.4 Å². The molecule has 14 heavy (non-hydrogen) atoms. The van der Waals surface area contributed by atoms with E-state index in [-0.39, 0.29) is 24.1 Å². The second kappa shape index (κ2) is 6.22. The third-order valence-electron chi connectivity index (χ3n) is 1.59. The highest BCUT2D eigenvalue weighted by Gasteiger charge is 2.27. The fraction of sp³-hybridized carbons (Fsp3) is 0.889. The number of hydrogen-bond donors (Lipinski definition) is 2. The Balaban J connectivity index is 0. The minimum absolute atomic E-state index is 0. The molecule has 5 heteroatoms. The predicted octanol–water partition coefficient (Wildman–Crippen LogP) is 1.28. The van der Waals surface area contributed by atoms with Gasteiger partial charge in [0.25, 0.3) is 0 Å². The summed E-state index contributed by atoms with van der Waals surface area (Å²) in [6.45, 7) is 7.45. The van der Waals surface area contributed by atoms with E-state index in [0.29, 0.717) is 0 Å². The van der Waals surface area contributed by atoms with Crippen LogP contribution in [-0.2, 0) is 9.53 Å². The van der Waals surface area contributed by atoms with E-state index >= 15 is 0 Å². The van der Waals surface area contributed by atoms with E-state index in [1.165, 1.54) is 0 Å². The summed E-state index contributed by atoms with van der Waals surface area (Å²) in [5, 5.41) is 11.5. The van der Waals surface area contributed by atoms with Crippen LogP contribution in [0.4, 0.5) is 0 Å². The van der Waals surface area contributed by atoms with Crippen molar-refractivity contribution in [1.82, 2.24) is 5.32 Å². The summed E-state index contributed by atoms with van der Waals surface area (Å²) in [6.07, 6.45) is -0.345. The van der Waals surface area contributed by atoms with Gasteiger partial charge in [-0.25, -0.2) is 0 Å². The number of ether oxygens (including phenoxy) is 1. The van der Waals surface area contributed by atoms with Crippen molar-refractivity contribution in [3.8, 4) is 0 Å². The fourth-order valence-corrected chi connectivity index (χ4v) is 1.18. The van der Waals surface area contributed by atoms with Gasteiger partial charge in [0.2, 0.25) is 0 Å². The molecule has 0 bridgehead atoms. The Labute approximate surface area is 91.4 Å². The van der Waals surface area contributed by atoms with Gasteiger partial charge in [-0.05, 0) is 34.7 Å². The van der Waals surface area contributed by atoms with E-state index in [1.54, 1.807) is 14.0 Å². The molecule has 0 fully saturated rings. The van der Waals surface area contributed by atoms with Gasteiger partial charge in [0, 0.05) is 0 Å². The molecular weight excluding hydrogens is 206 g/mol. The van der Waals surface area contributed by atoms with Crippen LogP contribution in [0.5, 0.6) is 0 Å². The zero-order valence-electron chi connectivity index (χ0n) is 9.33. The largest absolute Gasteiger partial charge is 0.480 e. The molecule has 0 aliphatic carbocycles. The second-order valence-corrected chi connectivity index (χ2v) is 4.04. The Hall–Kier alpha value is -0.320. The van der Waals surface area contributed by atoms with Gasteiger partial charge in [0.1, 0.15) is 6.04 Å². The highest BCUT2D eigenvalue weighted by Crippen LogP contribution is 2.12. The molecule has 0 spiro atoms. The van der Waals surface area contributed by atoms with E-state index in [1.807, 2.05) is 20.8 Å². The molecule has 0 amide bonds. The van der Waals surface area contributed by atoms with E-state index in [9.17, 15) is 4.79 Å². The summed E-state index contributed by atoms with van der Waals surface area (Å²) in [6, 6.07) is -0.653. The molecule has 2 atom stereocenters. The number of carbonyl (C=O) groups is 1. The zero-order chi connectivity index (χ0) is 10.6. The molecule has 0 aromatic carbocycles. The smallest absolute Gasteiger partial charge is 0.323 e. The number of hydrogen-bond acceptors (Lipinski definition) is 3. The van der Waals surface area contributed by atoms with Crippen LogP contribution in [0.1, 0.15) is 27.7 Å². The van der Waals surface area contributed by atoms with Crippen LogP contribution >= 0.6 is 12.4 Å². The van der Waals surface area contributed by atoms with Crippen LogP contribution in [-0.4, -0.2) is 35.9 Å². The summed E-state index contributed by atoms with van der Waals surface area (Å²) >= 11 is 0. The SMILES string of the molecule is CNC(C(=O)O)C(C)OC(C)(C)C.Cl. The lowest BCUT2D eigenvalue weighted by Crippen LogP contribution is -2.46. The molecule has 0 aromatic heterocycles. The highest BCUT2D eigenvalue weighted by atomic mass is 35.5. The molecule has 2 N–H and O–H groups in total. The van der Waals surface area contributed by atoms with Crippen molar-refractivity contribution in [3.05, 3.63) is 0 Å². The van der Waals surface area contributed by atoms with E-state index in [0.717, 1.165) is 0 Å². The summed E-state index contributed by atoms with van der Waals surface area (Å²) in [7, 11) is 1.61. The maximum Gasteiger partial charge on any atom is 0.323 e. The minimum atomic E-state index is -0.890. The molecule has 4 nitrogen and oxygen atoms in total. The summed E-state index contributed by atoms with van der Waals surface area (Å²) in [4.78, 5) is 10.7. The van der Waals surface area contributed by atoms with Crippen molar-refractivity contribution < 1.29 is 14.6 Å². The van der Waals surface area contributed by atoms with Crippen LogP contribution in [0.15, 0.2) is 0 Å². The number of aliphatic carboxylic acids is 1. The number of carboxylic acids is 1. The molecule has 0 saturated heterocycles. The Morgan fingerprint density at radius 3 is 2.07 bits per heavy atom. The molecule has 0 heterocycles. The fourth-order valence-electron chi connectivity index (χ4n) is 1.18. The monoisotopic (exact) mass is 225 g/mol. The third-order valence-corrected chi connectivity index (χ3v) is 1.59. The lowest BCUT2D eigenvalue weighted by atomic mass is 10.1. The highest BCUT2D eigenvalue weighted by molar-refractivity contribution is 5.85. The van der Waals surface area contributed by atoms with Crippen LogP contribution < -0.4 is 5.32 Å². The number of nitrogens with one attached hydrogen (secondary N) is 1. The molecule has 86 valence electrons. The molecule has 0 radical (unpaired) electrons. The number of likely N-dealkylation sites (N-methyl/N-ethyl adjacent to an activating group) is 1. The summed E-state index contributed by atoms with van der Waals surface area (Å²) in [5.41, 5.74) is -0.316. The van der Waals surface area contributed by atoms with Gasteiger partial charge in [-0.15, -0.1) is 12.4 Å². The Kier molecular flexibility index (Phi) is 7.16. The number of carboxylic acid groups (broad SMARTS) is 1. The normalized spacial score (nSPS) is 15.5. The van der Waals surface area contributed by atoms with Gasteiger partial charge in [-0.3, -0.25) is 4.79 Å². The predicted molar refractivity (Wildman–Crippen MR) is 58.0 cm³/mol. The Morgan fingerprint density at radius 1 is 1.43 bits per heavy atom. The lowest BCUT2D eigenvalue weighted by molar-refractivity contribution is -0.147. The first-order chi connectivity index (χ1) is 5.78. The first-order valence-corrected chi connectivity index (χ1v) is 4.36. The first kappa shape index (κ1) is 16.1. The van der Waals surface area contributed by atoms with Crippen molar-refractivity contribution in [2.45, 2.75) is 45.4 Å². The van der Waals surface area contributed by atoms with E-state index < -0.39 is 12.0 Å². The lowest BCUT2D eigenvalue weighted by Gasteiger charge is -2.28. The second-order valence-electron chi connectivity index (χ2n) is 4.04. The van der Waals surface area contributed by atoms with Crippen LogP contribution in [0, 0.1) is 0 Å². The van der Waals surface area contributed by atoms with Gasteiger partial charge < -0.3 is 15.2 Å². The van der Waals surface area contributed by atoms with Crippen LogP contribution in [0.2, 0.25) is 0 Å². The van der Waals surface area contributed by atoms with E-state index in [4.69, 9.17) is 9.84 Å². The quantitative estimate of drug-likeness (QED) is 0.757. The third kappa shape index (κ3) is 6.18. The number of rotatable bonds is 4. The topological polar surface area (TPSA) is 58.6 Å². The molecule has 0 rings (SSSR count). The zero-order valence-corrected chi connectivity index (χ0v) is 10.1. The Morgan fingerprint density at radius 2 is 1.86 bits per heavy atom. The number of halogens is 1. The molecule has 0 saturated carbocycles. The molecule has 0 aromatic rings. The van der Waals surface area contributed by atoms with Gasteiger partial charge >= 0.3 is 5.97 Å². The summed E-state index contributed by atoms with van der Waals surface area (Å²) in [5.74, 6) is -0.890. The van der Waals surface area contributed by atoms with Crippen molar-refractivity contribution in [1.29, 1.82) is 0 Å². The van der Waals surface area contributed by atoms with Crippen LogP contribution in [0.25, 0.3) is 0 Å². The van der Waals surface area contributed by atoms with Crippen LogP contribution in [0.3, 0.4) is 0 Å². The molecule has 0 aliphatic heterocycles. The van der Waals surface area contributed by atoms with Crippen molar-refractivity contribution in [3.63, 3.8) is 0 Å². The van der Waals surface area contributed by atoms with E-state index in [2.05, 4.69) is 5.32 Å². The van der Waals surface area contributed by atoms with Crippen molar-refractivity contribution in [2.75, 3.05) is 7.05 Å². The maximum absolute atomic E-state index is 10.7. The minimum Gasteiger partial charge on any atom is -0.480 e. The Bertz CT molecular complexity index is 179. The molecule has 0 aliphatic rings. The van der Waals surface area contributed by atoms with Gasteiger partial charge in [0.15, 0.2) is 0 Å².